The van der Waals surface area contributed by atoms with Gasteiger partial charge in [-0.05, 0) is 37.5 Å². The van der Waals surface area contributed by atoms with Crippen LogP contribution in [0.2, 0.25) is 0 Å². The van der Waals surface area contributed by atoms with Crippen molar-refractivity contribution in [2.24, 2.45) is 5.73 Å². The molecule has 1 atom stereocenters. The molecular weight excluding hydrogens is 310 g/mol. The zero-order valence-corrected chi connectivity index (χ0v) is 12.6. The van der Waals surface area contributed by atoms with E-state index in [0.717, 1.165) is 12.8 Å². The van der Waals surface area contributed by atoms with Gasteiger partial charge in [-0.2, -0.15) is 8.78 Å². The summed E-state index contributed by atoms with van der Waals surface area (Å²) in [7, 11) is 1.29. The molecule has 0 spiro atoms. The quantitative estimate of drug-likeness (QED) is 0.893. The van der Waals surface area contributed by atoms with Crippen molar-refractivity contribution < 1.29 is 27.8 Å². The predicted octanol–water partition coefficient (Wildman–Crippen LogP) is 1.78. The fraction of sp³-hybridized carbons (Fsp3) is 0.467. The number of amides is 2. The highest BCUT2D eigenvalue weighted by molar-refractivity contribution is 5.98. The Morgan fingerprint density at radius 1 is 1.30 bits per heavy atom. The van der Waals surface area contributed by atoms with Gasteiger partial charge in [-0.15, -0.1) is 0 Å². The number of alkyl halides is 2. The second kappa shape index (κ2) is 7.26. The summed E-state index contributed by atoms with van der Waals surface area (Å²) in [5, 5.41) is 0. The normalized spacial score (nSPS) is 17.9. The summed E-state index contributed by atoms with van der Waals surface area (Å²) < 4.78 is 33.9. The molecule has 0 saturated carbocycles. The third-order valence-corrected chi connectivity index (χ3v) is 3.72. The SMILES string of the molecule is COc1cc(C(=O)N2CCCCC2C(N)=O)ccc1OC(F)F. The lowest BCUT2D eigenvalue weighted by atomic mass is 10.00. The van der Waals surface area contributed by atoms with Crippen LogP contribution in [0.1, 0.15) is 29.6 Å². The Morgan fingerprint density at radius 2 is 2.04 bits per heavy atom. The minimum absolute atomic E-state index is 0.0174. The van der Waals surface area contributed by atoms with Gasteiger partial charge in [0.2, 0.25) is 5.91 Å². The van der Waals surface area contributed by atoms with Crippen molar-refractivity contribution in [1.29, 1.82) is 0 Å². The number of rotatable bonds is 5. The number of hydrogen-bond donors (Lipinski definition) is 1. The lowest BCUT2D eigenvalue weighted by Crippen LogP contribution is -2.50. The van der Waals surface area contributed by atoms with Crippen LogP contribution in [0, 0.1) is 0 Å². The first-order valence-corrected chi connectivity index (χ1v) is 7.17. The third-order valence-electron chi connectivity index (χ3n) is 3.72. The number of ether oxygens (including phenoxy) is 2. The molecule has 0 bridgehead atoms. The molecule has 1 unspecified atom stereocenters. The van der Waals surface area contributed by atoms with E-state index >= 15 is 0 Å². The van der Waals surface area contributed by atoms with Crippen LogP contribution in [-0.2, 0) is 4.79 Å². The van der Waals surface area contributed by atoms with E-state index in [2.05, 4.69) is 4.74 Å². The number of nitrogens with zero attached hydrogens (tertiary/aromatic N) is 1. The summed E-state index contributed by atoms with van der Waals surface area (Å²) in [6, 6.07) is 3.25. The highest BCUT2D eigenvalue weighted by atomic mass is 19.3. The van der Waals surface area contributed by atoms with Gasteiger partial charge in [0, 0.05) is 12.1 Å². The minimum atomic E-state index is -2.99. The zero-order chi connectivity index (χ0) is 17.0. The Labute approximate surface area is 132 Å². The lowest BCUT2D eigenvalue weighted by molar-refractivity contribution is -0.123. The molecule has 6 nitrogen and oxygen atoms in total. The van der Waals surface area contributed by atoms with Gasteiger partial charge in [0.15, 0.2) is 11.5 Å². The van der Waals surface area contributed by atoms with E-state index in [0.29, 0.717) is 13.0 Å². The molecule has 1 fully saturated rings. The van der Waals surface area contributed by atoms with Gasteiger partial charge >= 0.3 is 6.61 Å². The largest absolute Gasteiger partial charge is 0.493 e. The molecule has 2 N–H and O–H groups in total. The summed E-state index contributed by atoms with van der Waals surface area (Å²) in [6.07, 6.45) is 2.12. The molecule has 0 aliphatic carbocycles. The number of primary amides is 1. The minimum Gasteiger partial charge on any atom is -0.493 e. The van der Waals surface area contributed by atoms with Crippen molar-refractivity contribution in [3.8, 4) is 11.5 Å². The first-order valence-electron chi connectivity index (χ1n) is 7.17. The first-order chi connectivity index (χ1) is 10.9. The number of likely N-dealkylation sites (tertiary alicyclic amines) is 1. The Hall–Kier alpha value is -2.38. The van der Waals surface area contributed by atoms with Gasteiger partial charge in [0.05, 0.1) is 7.11 Å². The van der Waals surface area contributed by atoms with Gasteiger partial charge in [-0.1, -0.05) is 0 Å². The average Bonchev–Trinajstić information content (AvgIpc) is 2.54. The van der Waals surface area contributed by atoms with Crippen LogP contribution in [0.25, 0.3) is 0 Å². The predicted molar refractivity (Wildman–Crippen MR) is 77.5 cm³/mol. The van der Waals surface area contributed by atoms with E-state index < -0.39 is 24.5 Å². The number of carbonyl (C=O) groups excluding carboxylic acids is 2. The summed E-state index contributed by atoms with van der Waals surface area (Å²) in [4.78, 5) is 25.5. The molecule has 1 aromatic rings. The molecular formula is C15H18F2N2O4. The number of methoxy groups -OCH3 is 1. The molecule has 1 saturated heterocycles. The fourth-order valence-electron chi connectivity index (χ4n) is 2.63. The van der Waals surface area contributed by atoms with Crippen LogP contribution >= 0.6 is 0 Å². The van der Waals surface area contributed by atoms with E-state index in [-0.39, 0.29) is 17.1 Å². The lowest BCUT2D eigenvalue weighted by Gasteiger charge is -2.33. The summed E-state index contributed by atoms with van der Waals surface area (Å²) in [5.74, 6) is -1.09. The topological polar surface area (TPSA) is 81.9 Å². The van der Waals surface area contributed by atoms with Crippen LogP contribution in [-0.4, -0.2) is 43.0 Å². The van der Waals surface area contributed by atoms with Gasteiger partial charge < -0.3 is 20.1 Å². The molecule has 2 amide bonds. The van der Waals surface area contributed by atoms with E-state index in [1.165, 1.54) is 30.2 Å². The van der Waals surface area contributed by atoms with Crippen LogP contribution in [0.4, 0.5) is 8.78 Å². The first kappa shape index (κ1) is 17.0. The number of nitrogens with two attached hydrogens (primary N) is 1. The van der Waals surface area contributed by atoms with Crippen LogP contribution < -0.4 is 15.2 Å². The summed E-state index contributed by atoms with van der Waals surface area (Å²) >= 11 is 0. The molecule has 23 heavy (non-hydrogen) atoms. The summed E-state index contributed by atoms with van der Waals surface area (Å²) in [5.41, 5.74) is 5.57. The third kappa shape index (κ3) is 3.88. The van der Waals surface area contributed by atoms with Crippen molar-refractivity contribution in [3.05, 3.63) is 23.8 Å². The number of carbonyl (C=O) groups is 2. The van der Waals surface area contributed by atoms with Gasteiger partial charge in [-0.3, -0.25) is 9.59 Å². The summed E-state index contributed by atoms with van der Waals surface area (Å²) in [6.45, 7) is -2.57. The monoisotopic (exact) mass is 328 g/mol. The molecule has 0 aromatic heterocycles. The standard InChI is InChI=1S/C15H18F2N2O4/c1-22-12-8-9(5-6-11(12)23-15(16)17)14(21)19-7-3-2-4-10(19)13(18)20/h5-6,8,10,15H,2-4,7H2,1H3,(H2,18,20). The van der Waals surface area contributed by atoms with Crippen LogP contribution in [0.5, 0.6) is 11.5 Å². The molecule has 1 heterocycles. The molecule has 1 aliphatic rings. The number of hydrogen-bond acceptors (Lipinski definition) is 4. The zero-order valence-electron chi connectivity index (χ0n) is 12.6. The Bertz CT molecular complexity index is 595. The molecule has 126 valence electrons. The van der Waals surface area contributed by atoms with Gasteiger partial charge in [0.1, 0.15) is 6.04 Å². The van der Waals surface area contributed by atoms with Gasteiger partial charge in [0.25, 0.3) is 5.91 Å². The van der Waals surface area contributed by atoms with E-state index in [1.54, 1.807) is 0 Å². The van der Waals surface area contributed by atoms with Crippen molar-refractivity contribution >= 4 is 11.8 Å². The van der Waals surface area contributed by atoms with Gasteiger partial charge in [-0.25, -0.2) is 0 Å². The Balaban J connectivity index is 2.26. The Morgan fingerprint density at radius 3 is 2.65 bits per heavy atom. The maximum atomic E-state index is 12.6. The average molecular weight is 328 g/mol. The van der Waals surface area contributed by atoms with E-state index in [9.17, 15) is 18.4 Å². The maximum Gasteiger partial charge on any atom is 0.387 e. The number of piperidine rings is 1. The van der Waals surface area contributed by atoms with Crippen molar-refractivity contribution in [2.45, 2.75) is 31.9 Å². The smallest absolute Gasteiger partial charge is 0.387 e. The Kier molecular flexibility index (Phi) is 5.36. The highest BCUT2D eigenvalue weighted by Gasteiger charge is 2.31. The number of benzene rings is 1. The fourth-order valence-corrected chi connectivity index (χ4v) is 2.63. The van der Waals surface area contributed by atoms with Crippen LogP contribution in [0.3, 0.4) is 0 Å². The molecule has 1 aliphatic heterocycles. The van der Waals surface area contributed by atoms with Crippen molar-refractivity contribution in [3.63, 3.8) is 0 Å². The van der Waals surface area contributed by atoms with Crippen molar-refractivity contribution in [2.75, 3.05) is 13.7 Å². The molecule has 0 radical (unpaired) electrons. The molecule has 1 aromatic carbocycles. The van der Waals surface area contributed by atoms with E-state index in [4.69, 9.17) is 10.5 Å². The second-order valence-electron chi connectivity index (χ2n) is 5.16. The number of halogens is 2. The molecule has 8 heteroatoms. The second-order valence-corrected chi connectivity index (χ2v) is 5.16. The molecule has 2 rings (SSSR count). The maximum absolute atomic E-state index is 12.6. The van der Waals surface area contributed by atoms with Crippen LogP contribution in [0.15, 0.2) is 18.2 Å². The van der Waals surface area contributed by atoms with E-state index in [1.807, 2.05) is 0 Å². The van der Waals surface area contributed by atoms with Crippen molar-refractivity contribution in [1.82, 2.24) is 4.90 Å². The highest BCUT2D eigenvalue weighted by Crippen LogP contribution is 2.30.